The van der Waals surface area contributed by atoms with E-state index in [1.54, 1.807) is 48.5 Å². The highest BCUT2D eigenvalue weighted by molar-refractivity contribution is 6.10. The van der Waals surface area contributed by atoms with E-state index in [0.717, 1.165) is 0 Å². The van der Waals surface area contributed by atoms with Crippen molar-refractivity contribution < 1.29 is 15.0 Å². The number of fused-ring (bicyclic) bond motifs is 2. The molecule has 158 valence electrons. The summed E-state index contributed by atoms with van der Waals surface area (Å²) in [5, 5.41) is 24.3. The van der Waals surface area contributed by atoms with Gasteiger partial charge in [-0.05, 0) is 30.2 Å². The molecular weight excluding hydrogens is 398 g/mol. The van der Waals surface area contributed by atoms with Crippen LogP contribution >= 0.6 is 0 Å². The third kappa shape index (κ3) is 3.42. The van der Waals surface area contributed by atoms with Crippen molar-refractivity contribution in [1.29, 1.82) is 0 Å². The number of pyridine rings is 2. The predicted octanol–water partition coefficient (Wildman–Crippen LogP) is 3.16. The molecule has 0 aliphatic rings. The summed E-state index contributed by atoms with van der Waals surface area (Å²) in [4.78, 5) is 41.0. The van der Waals surface area contributed by atoms with Crippen LogP contribution in [0.25, 0.3) is 21.8 Å². The molecule has 2 heterocycles. The van der Waals surface area contributed by atoms with Gasteiger partial charge in [0.2, 0.25) is 0 Å². The lowest BCUT2D eigenvalue weighted by molar-refractivity contribution is 0.102. The largest absolute Gasteiger partial charge is 0.506 e. The molecule has 8 heteroatoms. The second-order valence-corrected chi connectivity index (χ2v) is 7.73. The van der Waals surface area contributed by atoms with Crippen LogP contribution in [0.3, 0.4) is 0 Å². The summed E-state index contributed by atoms with van der Waals surface area (Å²) in [5.41, 5.74) is -1.40. The van der Waals surface area contributed by atoms with Crippen LogP contribution in [0.4, 0.5) is 5.69 Å². The monoisotopic (exact) mass is 419 g/mol. The van der Waals surface area contributed by atoms with Crippen molar-refractivity contribution in [2.24, 2.45) is 5.92 Å². The molecule has 31 heavy (non-hydrogen) atoms. The Morgan fingerprint density at radius 2 is 1.65 bits per heavy atom. The first kappa shape index (κ1) is 20.2. The maximum atomic E-state index is 13.1. The molecule has 4 N–H and O–H groups in total. The SMILES string of the molecule is CC(C)Cn1c(=O)c(NC(=O)c2c(O)c3ccccc3[nH]c2=O)c(O)c2ccccc21. The van der Waals surface area contributed by atoms with Gasteiger partial charge in [0.15, 0.2) is 11.4 Å². The minimum atomic E-state index is -0.997. The molecule has 0 unspecified atom stereocenters. The number of hydrogen-bond donors (Lipinski definition) is 4. The zero-order valence-electron chi connectivity index (χ0n) is 17.0. The molecular formula is C23H21N3O5. The standard InChI is InChI=1S/C23H21N3O5/c1-12(2)11-26-16-10-6-4-8-14(16)20(28)18(23(26)31)25-22(30)17-19(27)13-7-3-5-9-15(13)24-21(17)29/h3-10,12,28H,11H2,1-2H3,(H,25,30)(H2,24,27,29). The van der Waals surface area contributed by atoms with Gasteiger partial charge in [-0.25, -0.2) is 0 Å². The summed E-state index contributed by atoms with van der Waals surface area (Å²) in [6.07, 6.45) is 0. The van der Waals surface area contributed by atoms with E-state index in [9.17, 15) is 24.6 Å². The fourth-order valence-electron chi connectivity index (χ4n) is 3.66. The van der Waals surface area contributed by atoms with Gasteiger partial charge >= 0.3 is 0 Å². The Hall–Kier alpha value is -4.07. The van der Waals surface area contributed by atoms with Crippen LogP contribution in [0.5, 0.6) is 11.5 Å². The Morgan fingerprint density at radius 3 is 2.35 bits per heavy atom. The number of aromatic nitrogens is 2. The molecule has 0 bridgehead atoms. The Morgan fingerprint density at radius 1 is 1.00 bits per heavy atom. The predicted molar refractivity (Wildman–Crippen MR) is 119 cm³/mol. The molecule has 4 aromatic rings. The number of nitrogens with one attached hydrogen (secondary N) is 2. The second kappa shape index (κ2) is 7.64. The topological polar surface area (TPSA) is 124 Å². The second-order valence-electron chi connectivity index (χ2n) is 7.73. The lowest BCUT2D eigenvalue weighted by Crippen LogP contribution is -2.30. The van der Waals surface area contributed by atoms with Crippen LogP contribution in [-0.4, -0.2) is 25.7 Å². The summed E-state index contributed by atoms with van der Waals surface area (Å²) in [7, 11) is 0. The fourth-order valence-corrected chi connectivity index (χ4v) is 3.66. The first-order valence-electron chi connectivity index (χ1n) is 9.79. The summed E-state index contributed by atoms with van der Waals surface area (Å²) >= 11 is 0. The molecule has 2 aromatic heterocycles. The van der Waals surface area contributed by atoms with Gasteiger partial charge in [0.25, 0.3) is 17.0 Å². The fraction of sp³-hybridized carbons (Fsp3) is 0.174. The van der Waals surface area contributed by atoms with E-state index < -0.39 is 34.1 Å². The highest BCUT2D eigenvalue weighted by atomic mass is 16.3. The molecule has 8 nitrogen and oxygen atoms in total. The smallest absolute Gasteiger partial charge is 0.278 e. The first-order valence-corrected chi connectivity index (χ1v) is 9.79. The van der Waals surface area contributed by atoms with Gasteiger partial charge < -0.3 is 25.1 Å². The number of aromatic amines is 1. The average molecular weight is 419 g/mol. The van der Waals surface area contributed by atoms with Crippen molar-refractivity contribution in [3.8, 4) is 11.5 Å². The van der Waals surface area contributed by atoms with Crippen molar-refractivity contribution in [3.63, 3.8) is 0 Å². The minimum Gasteiger partial charge on any atom is -0.506 e. The van der Waals surface area contributed by atoms with Crippen molar-refractivity contribution in [2.75, 3.05) is 5.32 Å². The Bertz CT molecular complexity index is 1450. The van der Waals surface area contributed by atoms with E-state index in [2.05, 4.69) is 10.3 Å². The maximum Gasteiger partial charge on any atom is 0.278 e. The van der Waals surface area contributed by atoms with Gasteiger partial charge in [-0.1, -0.05) is 38.1 Å². The third-order valence-corrected chi connectivity index (χ3v) is 5.05. The summed E-state index contributed by atoms with van der Waals surface area (Å²) in [6.45, 7) is 4.25. The molecule has 0 saturated carbocycles. The quantitative estimate of drug-likeness (QED) is 0.404. The number of rotatable bonds is 4. The van der Waals surface area contributed by atoms with Crippen LogP contribution in [-0.2, 0) is 6.54 Å². The van der Waals surface area contributed by atoms with Gasteiger partial charge in [-0.3, -0.25) is 14.4 Å². The number of H-pyrrole nitrogens is 1. The zero-order chi connectivity index (χ0) is 22.3. The molecule has 0 fully saturated rings. The lowest BCUT2D eigenvalue weighted by atomic mass is 10.1. The van der Waals surface area contributed by atoms with Crippen molar-refractivity contribution in [1.82, 2.24) is 9.55 Å². The van der Waals surface area contributed by atoms with Crippen LogP contribution in [0.1, 0.15) is 24.2 Å². The van der Waals surface area contributed by atoms with E-state index in [4.69, 9.17) is 0 Å². The van der Waals surface area contributed by atoms with E-state index >= 15 is 0 Å². The van der Waals surface area contributed by atoms with Crippen LogP contribution in [0.2, 0.25) is 0 Å². The number of nitrogens with zero attached hydrogens (tertiary/aromatic N) is 1. The minimum absolute atomic E-state index is 0.126. The first-order chi connectivity index (χ1) is 14.8. The van der Waals surface area contributed by atoms with Gasteiger partial charge in [0.05, 0.1) is 11.0 Å². The van der Waals surface area contributed by atoms with E-state index in [1.807, 2.05) is 13.8 Å². The number of para-hydroxylation sites is 2. The Balaban J connectivity index is 1.88. The normalized spacial score (nSPS) is 11.3. The number of aromatic hydroxyl groups is 2. The van der Waals surface area contributed by atoms with E-state index in [-0.39, 0.29) is 17.0 Å². The third-order valence-electron chi connectivity index (χ3n) is 5.05. The highest BCUT2D eigenvalue weighted by Crippen LogP contribution is 2.31. The Kier molecular flexibility index (Phi) is 4.98. The van der Waals surface area contributed by atoms with E-state index in [0.29, 0.717) is 23.0 Å². The number of hydrogen-bond acceptors (Lipinski definition) is 5. The molecule has 0 saturated heterocycles. The zero-order valence-corrected chi connectivity index (χ0v) is 17.0. The van der Waals surface area contributed by atoms with E-state index in [1.165, 1.54) is 4.57 Å². The highest BCUT2D eigenvalue weighted by Gasteiger charge is 2.23. The van der Waals surface area contributed by atoms with Gasteiger partial charge in [-0.15, -0.1) is 0 Å². The number of amides is 1. The number of benzene rings is 2. The summed E-state index contributed by atoms with van der Waals surface area (Å²) in [5.74, 6) is -1.77. The molecule has 4 rings (SSSR count). The summed E-state index contributed by atoms with van der Waals surface area (Å²) in [6, 6.07) is 13.3. The van der Waals surface area contributed by atoms with Crippen molar-refractivity contribution in [3.05, 3.63) is 74.8 Å². The van der Waals surface area contributed by atoms with Crippen LogP contribution in [0.15, 0.2) is 58.1 Å². The Labute approximate surface area is 176 Å². The molecule has 0 aliphatic heterocycles. The van der Waals surface area contributed by atoms with Crippen molar-refractivity contribution >= 4 is 33.4 Å². The molecule has 2 aromatic carbocycles. The maximum absolute atomic E-state index is 13.1. The average Bonchev–Trinajstić information content (AvgIpc) is 2.74. The van der Waals surface area contributed by atoms with Crippen LogP contribution < -0.4 is 16.4 Å². The molecule has 0 aliphatic carbocycles. The van der Waals surface area contributed by atoms with Crippen LogP contribution in [0, 0.1) is 5.92 Å². The number of carbonyl (C=O) groups is 1. The molecule has 0 radical (unpaired) electrons. The molecule has 0 atom stereocenters. The van der Waals surface area contributed by atoms with Gasteiger partial charge in [0, 0.05) is 17.3 Å². The summed E-state index contributed by atoms with van der Waals surface area (Å²) < 4.78 is 1.47. The number of anilines is 1. The molecule has 0 spiro atoms. The molecule has 1 amide bonds. The van der Waals surface area contributed by atoms with Gasteiger partial charge in [0.1, 0.15) is 11.3 Å². The lowest BCUT2D eigenvalue weighted by Gasteiger charge is -2.17. The van der Waals surface area contributed by atoms with Gasteiger partial charge in [-0.2, -0.15) is 0 Å². The number of carbonyl (C=O) groups excluding carboxylic acids is 1. The van der Waals surface area contributed by atoms with Crippen molar-refractivity contribution in [2.45, 2.75) is 20.4 Å².